The molecule has 2 nitrogen and oxygen atoms in total. The lowest BCUT2D eigenvalue weighted by molar-refractivity contribution is -0.737. The highest BCUT2D eigenvalue weighted by Crippen LogP contribution is 2.63. The molecule has 3 aliphatic rings. The van der Waals surface area contributed by atoms with E-state index >= 15 is 0 Å². The van der Waals surface area contributed by atoms with Gasteiger partial charge in [-0.25, -0.2) is 9.13 Å². The van der Waals surface area contributed by atoms with Gasteiger partial charge in [0, 0.05) is 5.92 Å². The maximum Gasteiger partial charge on any atom is 0.249 e. The molecule has 1 unspecified atom stereocenters. The minimum atomic E-state index is 0. The Labute approximate surface area is 158 Å². The predicted octanol–water partition coefficient (Wildman–Crippen LogP) is 1.94. The normalized spacial score (nSPS) is 29.7. The number of hydrogen-bond donors (Lipinski definition) is 0. The van der Waals surface area contributed by atoms with Crippen molar-refractivity contribution in [3.05, 3.63) is 47.5 Å². The molecule has 2 aromatic rings. The van der Waals surface area contributed by atoms with E-state index in [0.717, 1.165) is 17.8 Å². The predicted molar refractivity (Wildman–Crippen MR) is 98.4 cm³/mol. The maximum absolute atomic E-state index is 2.48. The summed E-state index contributed by atoms with van der Waals surface area (Å²) in [6.45, 7) is 14.1. The monoisotopic (exact) mass is 358 g/mol. The van der Waals surface area contributed by atoms with Crippen molar-refractivity contribution in [2.75, 3.05) is 0 Å². The molecule has 3 fully saturated rings. The topological polar surface area (TPSA) is 8.81 Å². The van der Waals surface area contributed by atoms with Crippen LogP contribution in [-0.2, 0) is 0 Å². The number of rotatable bonds is 2. The molecular weight excluding hydrogens is 328 g/mol. The van der Waals surface area contributed by atoms with Gasteiger partial charge in [0.1, 0.15) is 24.1 Å². The lowest BCUT2D eigenvalue weighted by atomic mass is 9.44. The van der Waals surface area contributed by atoms with Crippen molar-refractivity contribution >= 4 is 0 Å². The lowest BCUT2D eigenvalue weighted by Gasteiger charge is -2.61. The summed E-state index contributed by atoms with van der Waals surface area (Å²) >= 11 is 0. The van der Waals surface area contributed by atoms with Crippen LogP contribution in [-0.4, -0.2) is 4.57 Å². The fraction of sp³-hybridized carbons (Fsp3) is 0.591. The van der Waals surface area contributed by atoms with Crippen LogP contribution in [0.4, 0.5) is 0 Å². The van der Waals surface area contributed by atoms with Crippen LogP contribution < -0.4 is 17.0 Å². The van der Waals surface area contributed by atoms with Crippen LogP contribution >= 0.6 is 0 Å². The third-order valence-corrected chi connectivity index (χ3v) is 7.25. The molecule has 4 atom stereocenters. The van der Waals surface area contributed by atoms with Crippen LogP contribution in [0, 0.1) is 43.9 Å². The molecule has 0 spiro atoms. The molecule has 0 amide bonds. The molecule has 0 radical (unpaired) electrons. The van der Waals surface area contributed by atoms with Gasteiger partial charge in [0.15, 0.2) is 0 Å². The number of imidazole rings is 1. The highest BCUT2D eigenvalue weighted by Gasteiger charge is 2.57. The van der Waals surface area contributed by atoms with Crippen molar-refractivity contribution in [2.45, 2.75) is 60.4 Å². The molecule has 3 saturated carbocycles. The Morgan fingerprint density at radius 2 is 1.72 bits per heavy atom. The number of benzene rings is 1. The molecule has 5 rings (SSSR count). The fourth-order valence-electron chi connectivity index (χ4n) is 5.79. The van der Waals surface area contributed by atoms with Crippen LogP contribution in [0.15, 0.2) is 30.9 Å². The summed E-state index contributed by atoms with van der Waals surface area (Å²) in [5.41, 5.74) is 5.96. The first-order chi connectivity index (χ1) is 11.3. The van der Waals surface area contributed by atoms with E-state index in [-0.39, 0.29) is 12.4 Å². The molecule has 0 aliphatic heterocycles. The summed E-state index contributed by atoms with van der Waals surface area (Å²) in [5, 5.41) is 0. The van der Waals surface area contributed by atoms with Crippen LogP contribution in [0.3, 0.4) is 0 Å². The molecule has 3 aliphatic carbocycles. The third kappa shape index (κ3) is 2.73. The fourth-order valence-corrected chi connectivity index (χ4v) is 5.79. The maximum atomic E-state index is 2.48. The van der Waals surface area contributed by atoms with Crippen LogP contribution in [0.5, 0.6) is 0 Å². The second-order valence-electron chi connectivity index (χ2n) is 9.04. The van der Waals surface area contributed by atoms with Crippen LogP contribution in [0.25, 0.3) is 5.69 Å². The zero-order valence-corrected chi connectivity index (χ0v) is 17.1. The Bertz CT molecular complexity index is 766. The first kappa shape index (κ1) is 18.5. The van der Waals surface area contributed by atoms with E-state index in [1.54, 1.807) is 0 Å². The summed E-state index contributed by atoms with van der Waals surface area (Å²) in [7, 11) is 0. The molecule has 1 aromatic heterocycles. The standard InChI is InChI=1S/C22H31N2.ClH/c1-14-9-15(2)21(16(3)10-14)24-8-7-23(13-24)20-12-18-11-19(17(20)4)22(18,5)6;/h7-10,13,17-20H,11-12H2,1-6H3;1H/q+1;/p-1/t17-,18+,19-,20?;/m0./s1. The number of aryl methyl sites for hydroxylation is 3. The summed E-state index contributed by atoms with van der Waals surface area (Å²) < 4.78 is 4.81. The van der Waals surface area contributed by atoms with Gasteiger partial charge >= 0.3 is 0 Å². The number of aromatic nitrogens is 2. The van der Waals surface area contributed by atoms with Crippen LogP contribution in [0.1, 0.15) is 56.3 Å². The van der Waals surface area contributed by atoms with Crippen molar-refractivity contribution in [2.24, 2.45) is 23.2 Å². The van der Waals surface area contributed by atoms with E-state index < -0.39 is 0 Å². The Hall–Kier alpha value is -1.28. The molecule has 136 valence electrons. The summed E-state index contributed by atoms with van der Waals surface area (Å²) in [6.07, 6.45) is 9.64. The molecular formula is C22H31ClN2. The molecule has 1 aromatic carbocycles. The van der Waals surface area contributed by atoms with E-state index in [9.17, 15) is 0 Å². The quantitative estimate of drug-likeness (QED) is 0.725. The second-order valence-corrected chi connectivity index (χ2v) is 9.04. The van der Waals surface area contributed by atoms with Gasteiger partial charge in [-0.05, 0) is 62.0 Å². The van der Waals surface area contributed by atoms with Crippen LogP contribution in [0.2, 0.25) is 0 Å². The molecule has 25 heavy (non-hydrogen) atoms. The van der Waals surface area contributed by atoms with Gasteiger partial charge in [-0.2, -0.15) is 0 Å². The zero-order chi connectivity index (χ0) is 17.2. The number of hydrogen-bond acceptors (Lipinski definition) is 0. The van der Waals surface area contributed by atoms with E-state index in [2.05, 4.69) is 81.5 Å². The number of fused-ring (bicyclic) bond motifs is 2. The van der Waals surface area contributed by atoms with E-state index in [1.807, 2.05) is 0 Å². The SMILES string of the molecule is Cc1cc(C)c(-n2cc[n+](C3C[C@H]4C[C@@H]([C@@H]3C)C4(C)C)c2)c(C)c1.[Cl-]. The average molecular weight is 359 g/mol. The Morgan fingerprint density at radius 3 is 2.28 bits per heavy atom. The smallest absolute Gasteiger partial charge is 0.249 e. The molecule has 0 saturated heterocycles. The summed E-state index contributed by atoms with van der Waals surface area (Å²) in [4.78, 5) is 0. The van der Waals surface area contributed by atoms with E-state index in [0.29, 0.717) is 11.5 Å². The van der Waals surface area contributed by atoms with Gasteiger partial charge in [-0.1, -0.05) is 38.5 Å². The van der Waals surface area contributed by atoms with Gasteiger partial charge in [0.2, 0.25) is 6.33 Å². The van der Waals surface area contributed by atoms with Crippen molar-refractivity contribution < 1.29 is 17.0 Å². The third-order valence-electron chi connectivity index (χ3n) is 7.25. The largest absolute Gasteiger partial charge is 1.00 e. The minimum absolute atomic E-state index is 0. The van der Waals surface area contributed by atoms with E-state index in [4.69, 9.17) is 0 Å². The van der Waals surface area contributed by atoms with Gasteiger partial charge in [-0.15, -0.1) is 0 Å². The molecule has 1 heterocycles. The highest BCUT2D eigenvalue weighted by molar-refractivity contribution is 5.48. The Kier molecular flexibility index (Phi) is 4.56. The molecule has 0 N–H and O–H groups in total. The van der Waals surface area contributed by atoms with Crippen molar-refractivity contribution in [1.82, 2.24) is 4.57 Å². The Balaban J connectivity index is 0.00000182. The first-order valence-electron chi connectivity index (χ1n) is 9.46. The highest BCUT2D eigenvalue weighted by atomic mass is 35.5. The lowest BCUT2D eigenvalue weighted by Crippen LogP contribution is -3.00. The summed E-state index contributed by atoms with van der Waals surface area (Å²) in [5.74, 6) is 2.56. The molecule has 2 bridgehead atoms. The Morgan fingerprint density at radius 1 is 1.08 bits per heavy atom. The summed E-state index contributed by atoms with van der Waals surface area (Å²) in [6, 6.07) is 5.23. The zero-order valence-electron chi connectivity index (χ0n) is 16.4. The molecule has 3 heteroatoms. The van der Waals surface area contributed by atoms with E-state index in [1.165, 1.54) is 35.2 Å². The van der Waals surface area contributed by atoms with Crippen molar-refractivity contribution in [3.8, 4) is 5.69 Å². The van der Waals surface area contributed by atoms with Gasteiger partial charge < -0.3 is 12.4 Å². The number of nitrogens with zero attached hydrogens (tertiary/aromatic N) is 2. The second kappa shape index (κ2) is 6.16. The minimum Gasteiger partial charge on any atom is -1.00 e. The first-order valence-corrected chi connectivity index (χ1v) is 9.46. The van der Waals surface area contributed by atoms with Crippen molar-refractivity contribution in [1.29, 1.82) is 0 Å². The number of halogens is 1. The van der Waals surface area contributed by atoms with Gasteiger partial charge in [-0.3, -0.25) is 0 Å². The van der Waals surface area contributed by atoms with Gasteiger partial charge in [0.25, 0.3) is 0 Å². The van der Waals surface area contributed by atoms with Crippen molar-refractivity contribution in [3.63, 3.8) is 0 Å². The van der Waals surface area contributed by atoms with Gasteiger partial charge in [0.05, 0.1) is 0 Å². The average Bonchev–Trinajstić information content (AvgIpc) is 2.95.